The fourth-order valence-electron chi connectivity index (χ4n) is 2.06. The molecule has 1 N–H and O–H groups in total. The van der Waals surface area contributed by atoms with Gasteiger partial charge in [-0.15, -0.1) is 0 Å². The number of unbranched alkanes of at least 4 members (excludes halogenated alkanes) is 1. The van der Waals surface area contributed by atoms with Crippen LogP contribution in [0.2, 0.25) is 0 Å². The molecule has 0 unspecified atom stereocenters. The van der Waals surface area contributed by atoms with Gasteiger partial charge in [-0.1, -0.05) is 19.8 Å². The third-order valence-electron chi connectivity index (χ3n) is 3.54. The SMILES string of the molecule is CCCCN(C)S(=O)(=O)N(CCCO)C1CCC1. The van der Waals surface area contributed by atoms with Crippen molar-refractivity contribution in [3.05, 3.63) is 0 Å². The zero-order chi connectivity index (χ0) is 13.6. The first-order chi connectivity index (χ1) is 8.54. The van der Waals surface area contributed by atoms with E-state index < -0.39 is 10.2 Å². The topological polar surface area (TPSA) is 60.9 Å². The lowest BCUT2D eigenvalue weighted by Gasteiger charge is -2.38. The molecule has 108 valence electrons. The van der Waals surface area contributed by atoms with E-state index in [-0.39, 0.29) is 12.6 Å². The molecule has 0 aromatic rings. The van der Waals surface area contributed by atoms with Crippen molar-refractivity contribution in [2.24, 2.45) is 0 Å². The van der Waals surface area contributed by atoms with Crippen LogP contribution in [0.15, 0.2) is 0 Å². The van der Waals surface area contributed by atoms with Gasteiger partial charge in [-0.2, -0.15) is 17.0 Å². The number of aliphatic hydroxyl groups is 1. The van der Waals surface area contributed by atoms with Gasteiger partial charge in [-0.3, -0.25) is 0 Å². The molecule has 1 saturated carbocycles. The van der Waals surface area contributed by atoms with E-state index in [1.807, 2.05) is 0 Å². The van der Waals surface area contributed by atoms with Crippen molar-refractivity contribution in [3.8, 4) is 0 Å². The predicted octanol–water partition coefficient (Wildman–Crippen LogP) is 1.20. The number of nitrogens with zero attached hydrogens (tertiary/aromatic N) is 2. The van der Waals surface area contributed by atoms with Crippen molar-refractivity contribution in [3.63, 3.8) is 0 Å². The van der Waals surface area contributed by atoms with Crippen molar-refractivity contribution >= 4 is 10.2 Å². The quantitative estimate of drug-likeness (QED) is 0.689. The van der Waals surface area contributed by atoms with Gasteiger partial charge >= 0.3 is 0 Å². The minimum absolute atomic E-state index is 0.0391. The highest BCUT2D eigenvalue weighted by Gasteiger charge is 2.35. The van der Waals surface area contributed by atoms with E-state index in [1.165, 1.54) is 4.31 Å². The fraction of sp³-hybridized carbons (Fsp3) is 1.00. The van der Waals surface area contributed by atoms with Crippen LogP contribution in [-0.2, 0) is 10.2 Å². The molecule has 0 aromatic carbocycles. The van der Waals surface area contributed by atoms with Crippen LogP contribution in [0.4, 0.5) is 0 Å². The molecule has 6 heteroatoms. The molecule has 0 heterocycles. The maximum absolute atomic E-state index is 12.4. The van der Waals surface area contributed by atoms with Gasteiger partial charge in [0.1, 0.15) is 0 Å². The Labute approximate surface area is 111 Å². The molecule has 1 aliphatic rings. The molecule has 18 heavy (non-hydrogen) atoms. The molecule has 1 fully saturated rings. The van der Waals surface area contributed by atoms with E-state index in [4.69, 9.17) is 5.11 Å². The number of rotatable bonds is 9. The Balaban J connectivity index is 2.68. The Morgan fingerprint density at radius 3 is 2.33 bits per heavy atom. The Morgan fingerprint density at radius 2 is 1.89 bits per heavy atom. The Bertz CT molecular complexity index is 328. The third-order valence-corrected chi connectivity index (χ3v) is 5.58. The summed E-state index contributed by atoms with van der Waals surface area (Å²) in [6, 6.07) is 0.144. The van der Waals surface area contributed by atoms with E-state index in [1.54, 1.807) is 11.4 Å². The van der Waals surface area contributed by atoms with Gasteiger partial charge < -0.3 is 5.11 Å². The summed E-state index contributed by atoms with van der Waals surface area (Å²) >= 11 is 0. The summed E-state index contributed by atoms with van der Waals surface area (Å²) in [6.07, 6.45) is 5.39. The molecule has 0 saturated heterocycles. The lowest BCUT2D eigenvalue weighted by atomic mass is 9.93. The largest absolute Gasteiger partial charge is 0.396 e. The van der Waals surface area contributed by atoms with Crippen molar-refractivity contribution in [2.75, 3.05) is 26.7 Å². The minimum atomic E-state index is -3.35. The summed E-state index contributed by atoms with van der Waals surface area (Å²) in [5.41, 5.74) is 0. The van der Waals surface area contributed by atoms with Crippen molar-refractivity contribution in [1.29, 1.82) is 0 Å². The first kappa shape index (κ1) is 15.9. The van der Waals surface area contributed by atoms with Crippen LogP contribution >= 0.6 is 0 Å². The minimum Gasteiger partial charge on any atom is -0.396 e. The molecule has 0 spiro atoms. The van der Waals surface area contributed by atoms with E-state index in [9.17, 15) is 8.42 Å². The Hall–Kier alpha value is -0.170. The molecule has 5 nitrogen and oxygen atoms in total. The third kappa shape index (κ3) is 3.91. The van der Waals surface area contributed by atoms with Crippen molar-refractivity contribution in [2.45, 2.75) is 51.5 Å². The van der Waals surface area contributed by atoms with Gasteiger partial charge in [0.15, 0.2) is 0 Å². The van der Waals surface area contributed by atoms with Crippen LogP contribution in [0, 0.1) is 0 Å². The first-order valence-corrected chi connectivity index (χ1v) is 8.27. The van der Waals surface area contributed by atoms with Crippen LogP contribution in [0.25, 0.3) is 0 Å². The lowest BCUT2D eigenvalue weighted by molar-refractivity contribution is 0.189. The van der Waals surface area contributed by atoms with Gasteiger partial charge in [0, 0.05) is 32.8 Å². The molecule has 1 aliphatic carbocycles. The molecular formula is C12H26N2O3S. The maximum Gasteiger partial charge on any atom is 0.281 e. The summed E-state index contributed by atoms with van der Waals surface area (Å²) in [4.78, 5) is 0. The van der Waals surface area contributed by atoms with E-state index in [0.29, 0.717) is 19.5 Å². The molecule has 0 atom stereocenters. The van der Waals surface area contributed by atoms with Crippen LogP contribution in [0.1, 0.15) is 45.4 Å². The van der Waals surface area contributed by atoms with Gasteiger partial charge in [0.2, 0.25) is 0 Å². The van der Waals surface area contributed by atoms with Crippen molar-refractivity contribution in [1.82, 2.24) is 8.61 Å². The second kappa shape index (κ2) is 7.43. The van der Waals surface area contributed by atoms with E-state index in [2.05, 4.69) is 6.92 Å². The highest BCUT2D eigenvalue weighted by atomic mass is 32.2. The lowest BCUT2D eigenvalue weighted by Crippen LogP contribution is -2.50. The maximum atomic E-state index is 12.4. The second-order valence-corrected chi connectivity index (χ2v) is 6.94. The predicted molar refractivity (Wildman–Crippen MR) is 72.5 cm³/mol. The Morgan fingerprint density at radius 1 is 1.22 bits per heavy atom. The number of hydrogen-bond acceptors (Lipinski definition) is 3. The van der Waals surface area contributed by atoms with E-state index in [0.717, 1.165) is 32.1 Å². The Kier molecular flexibility index (Phi) is 6.55. The van der Waals surface area contributed by atoms with Crippen molar-refractivity contribution < 1.29 is 13.5 Å². The van der Waals surface area contributed by atoms with Crippen LogP contribution in [-0.4, -0.2) is 54.9 Å². The monoisotopic (exact) mass is 278 g/mol. The van der Waals surface area contributed by atoms with Gasteiger partial charge in [0.05, 0.1) is 0 Å². The smallest absolute Gasteiger partial charge is 0.281 e. The summed E-state index contributed by atoms with van der Waals surface area (Å²) in [6.45, 7) is 3.09. The van der Waals surface area contributed by atoms with Crippen LogP contribution in [0.5, 0.6) is 0 Å². The molecule has 0 amide bonds. The second-order valence-electron chi connectivity index (χ2n) is 4.96. The van der Waals surface area contributed by atoms with E-state index >= 15 is 0 Å². The number of hydrogen-bond donors (Lipinski definition) is 1. The first-order valence-electron chi connectivity index (χ1n) is 6.88. The molecule has 1 rings (SSSR count). The highest BCUT2D eigenvalue weighted by molar-refractivity contribution is 7.86. The van der Waals surface area contributed by atoms with Gasteiger partial charge in [0.25, 0.3) is 10.2 Å². The molecule has 0 bridgehead atoms. The summed E-state index contributed by atoms with van der Waals surface area (Å²) in [5, 5.41) is 8.90. The zero-order valence-corrected chi connectivity index (χ0v) is 12.3. The fourth-order valence-corrected chi connectivity index (χ4v) is 3.73. The number of aliphatic hydroxyl groups excluding tert-OH is 1. The summed E-state index contributed by atoms with van der Waals surface area (Å²) in [5.74, 6) is 0. The summed E-state index contributed by atoms with van der Waals surface area (Å²) in [7, 11) is -1.70. The molecule has 0 radical (unpaired) electrons. The van der Waals surface area contributed by atoms with Gasteiger partial charge in [-0.25, -0.2) is 0 Å². The zero-order valence-electron chi connectivity index (χ0n) is 11.5. The standard InChI is InChI=1S/C12H26N2O3S/c1-3-4-9-13(2)18(16,17)14(10-6-11-15)12-7-5-8-12/h12,15H,3-11H2,1-2H3. The molecule has 0 aliphatic heterocycles. The normalized spacial score (nSPS) is 17.4. The van der Waals surface area contributed by atoms with Gasteiger partial charge in [-0.05, 0) is 25.7 Å². The van der Waals surface area contributed by atoms with Crippen LogP contribution in [0.3, 0.4) is 0 Å². The summed E-state index contributed by atoms with van der Waals surface area (Å²) < 4.78 is 27.9. The molecule has 0 aromatic heterocycles. The van der Waals surface area contributed by atoms with Crippen LogP contribution < -0.4 is 0 Å². The molecular weight excluding hydrogens is 252 g/mol. The average Bonchev–Trinajstić information content (AvgIpc) is 2.28. The average molecular weight is 278 g/mol. The highest BCUT2D eigenvalue weighted by Crippen LogP contribution is 2.28.